The number of hydrogen-bond donors (Lipinski definition) is 1. The minimum absolute atomic E-state index is 0.239. The highest BCUT2D eigenvalue weighted by atomic mass is 32.2. The van der Waals surface area contributed by atoms with Gasteiger partial charge in [-0.05, 0) is 56.3 Å². The molecule has 1 saturated heterocycles. The van der Waals surface area contributed by atoms with Gasteiger partial charge in [0.05, 0.1) is 12.2 Å². The van der Waals surface area contributed by atoms with Crippen molar-refractivity contribution in [1.29, 1.82) is 0 Å². The van der Waals surface area contributed by atoms with Gasteiger partial charge in [-0.2, -0.15) is 0 Å². The van der Waals surface area contributed by atoms with E-state index in [4.69, 9.17) is 9.47 Å². The maximum absolute atomic E-state index is 5.98. The van der Waals surface area contributed by atoms with E-state index in [0.717, 1.165) is 31.7 Å². The fraction of sp³-hybridized carbons (Fsp3) is 0.625. The van der Waals surface area contributed by atoms with Crippen LogP contribution in [0.4, 0.5) is 0 Å². The Morgan fingerprint density at radius 3 is 2.70 bits per heavy atom. The first kappa shape index (κ1) is 15.7. The van der Waals surface area contributed by atoms with E-state index in [0.29, 0.717) is 12.7 Å². The van der Waals surface area contributed by atoms with Crippen LogP contribution in [-0.2, 0) is 4.74 Å². The molecule has 2 unspecified atom stereocenters. The molecule has 2 atom stereocenters. The highest BCUT2D eigenvalue weighted by molar-refractivity contribution is 7.98. The summed E-state index contributed by atoms with van der Waals surface area (Å²) in [6.07, 6.45) is 6.08. The van der Waals surface area contributed by atoms with Crippen molar-refractivity contribution < 1.29 is 9.47 Å². The third kappa shape index (κ3) is 5.00. The molecule has 1 N–H and O–H groups in total. The first-order valence-electron chi connectivity index (χ1n) is 7.45. The quantitative estimate of drug-likeness (QED) is 0.588. The summed E-state index contributed by atoms with van der Waals surface area (Å²) in [5.41, 5.74) is 0. The van der Waals surface area contributed by atoms with Crippen LogP contribution >= 0.6 is 11.8 Å². The summed E-state index contributed by atoms with van der Waals surface area (Å²) in [5.74, 6) is 0.930. The SMILES string of the molecule is CCCNCC1CCC(COc2ccc(SC)cc2)O1. The highest BCUT2D eigenvalue weighted by Crippen LogP contribution is 2.22. The first-order chi connectivity index (χ1) is 9.81. The molecule has 0 saturated carbocycles. The fourth-order valence-corrected chi connectivity index (χ4v) is 2.76. The van der Waals surface area contributed by atoms with Gasteiger partial charge in [-0.15, -0.1) is 11.8 Å². The second-order valence-corrected chi connectivity index (χ2v) is 6.03. The largest absolute Gasteiger partial charge is 0.491 e. The van der Waals surface area contributed by atoms with Crippen LogP contribution in [0.15, 0.2) is 29.2 Å². The van der Waals surface area contributed by atoms with E-state index < -0.39 is 0 Å². The Bertz CT molecular complexity index is 383. The maximum Gasteiger partial charge on any atom is 0.119 e. The van der Waals surface area contributed by atoms with Crippen molar-refractivity contribution in [3.05, 3.63) is 24.3 Å². The van der Waals surface area contributed by atoms with Crippen molar-refractivity contribution in [3.8, 4) is 5.75 Å². The van der Waals surface area contributed by atoms with Crippen molar-refractivity contribution in [2.24, 2.45) is 0 Å². The summed E-state index contributed by atoms with van der Waals surface area (Å²) in [6, 6.07) is 8.24. The van der Waals surface area contributed by atoms with Crippen molar-refractivity contribution in [2.45, 2.75) is 43.3 Å². The van der Waals surface area contributed by atoms with Crippen molar-refractivity contribution in [2.75, 3.05) is 26.0 Å². The number of hydrogen-bond acceptors (Lipinski definition) is 4. The summed E-state index contributed by atoms with van der Waals surface area (Å²) in [4.78, 5) is 1.26. The van der Waals surface area contributed by atoms with E-state index in [-0.39, 0.29) is 6.10 Å². The molecule has 2 rings (SSSR count). The molecule has 1 aliphatic rings. The van der Waals surface area contributed by atoms with Crippen LogP contribution in [0.25, 0.3) is 0 Å². The molecule has 1 heterocycles. The van der Waals surface area contributed by atoms with Crippen LogP contribution in [0.2, 0.25) is 0 Å². The minimum atomic E-state index is 0.239. The topological polar surface area (TPSA) is 30.5 Å². The average molecular weight is 295 g/mol. The minimum Gasteiger partial charge on any atom is -0.491 e. The number of benzene rings is 1. The molecule has 0 aromatic heterocycles. The monoisotopic (exact) mass is 295 g/mol. The summed E-state index contributed by atoms with van der Waals surface area (Å²) < 4.78 is 11.8. The second kappa shape index (κ2) is 8.55. The normalized spacial score (nSPS) is 22.1. The Labute approximate surface area is 126 Å². The van der Waals surface area contributed by atoms with Gasteiger partial charge < -0.3 is 14.8 Å². The molecule has 1 aromatic rings. The number of thioether (sulfide) groups is 1. The van der Waals surface area contributed by atoms with E-state index in [1.54, 1.807) is 11.8 Å². The van der Waals surface area contributed by atoms with Gasteiger partial charge in [0.1, 0.15) is 12.4 Å². The molecular formula is C16H25NO2S. The zero-order chi connectivity index (χ0) is 14.2. The summed E-state index contributed by atoms with van der Waals surface area (Å²) >= 11 is 1.74. The Kier molecular flexibility index (Phi) is 6.70. The van der Waals surface area contributed by atoms with Gasteiger partial charge in [-0.1, -0.05) is 6.92 Å². The predicted molar refractivity (Wildman–Crippen MR) is 84.8 cm³/mol. The Hall–Kier alpha value is -0.710. The van der Waals surface area contributed by atoms with Crippen molar-refractivity contribution >= 4 is 11.8 Å². The average Bonchev–Trinajstić information content (AvgIpc) is 2.94. The lowest BCUT2D eigenvalue weighted by Crippen LogP contribution is -2.28. The fourth-order valence-electron chi connectivity index (χ4n) is 2.35. The van der Waals surface area contributed by atoms with Crippen LogP contribution in [0.3, 0.4) is 0 Å². The number of rotatable bonds is 8. The van der Waals surface area contributed by atoms with Crippen molar-refractivity contribution in [3.63, 3.8) is 0 Å². The molecule has 0 spiro atoms. The molecule has 20 heavy (non-hydrogen) atoms. The van der Waals surface area contributed by atoms with E-state index >= 15 is 0 Å². The van der Waals surface area contributed by atoms with Crippen LogP contribution in [0, 0.1) is 0 Å². The third-order valence-corrected chi connectivity index (χ3v) is 4.23. The summed E-state index contributed by atoms with van der Waals surface area (Å²) in [5, 5.41) is 3.42. The molecule has 1 fully saturated rings. The van der Waals surface area contributed by atoms with E-state index in [1.165, 1.54) is 11.3 Å². The van der Waals surface area contributed by atoms with Crippen LogP contribution in [0.1, 0.15) is 26.2 Å². The van der Waals surface area contributed by atoms with Crippen LogP contribution in [-0.4, -0.2) is 38.2 Å². The van der Waals surface area contributed by atoms with Gasteiger partial charge in [0.25, 0.3) is 0 Å². The van der Waals surface area contributed by atoms with E-state index in [2.05, 4.69) is 30.6 Å². The molecule has 0 amide bonds. The molecule has 0 bridgehead atoms. The molecule has 1 aromatic carbocycles. The number of nitrogens with one attached hydrogen (secondary N) is 1. The van der Waals surface area contributed by atoms with Gasteiger partial charge >= 0.3 is 0 Å². The summed E-state index contributed by atoms with van der Waals surface area (Å²) in [7, 11) is 0. The lowest BCUT2D eigenvalue weighted by Gasteiger charge is -2.15. The molecule has 4 heteroatoms. The van der Waals surface area contributed by atoms with E-state index in [1.807, 2.05) is 12.1 Å². The van der Waals surface area contributed by atoms with Crippen molar-refractivity contribution in [1.82, 2.24) is 5.32 Å². The summed E-state index contributed by atoms with van der Waals surface area (Å²) in [6.45, 7) is 4.87. The van der Waals surface area contributed by atoms with Crippen LogP contribution < -0.4 is 10.1 Å². The van der Waals surface area contributed by atoms with Gasteiger partial charge in [0.2, 0.25) is 0 Å². The zero-order valence-corrected chi connectivity index (χ0v) is 13.2. The molecule has 0 radical (unpaired) electrons. The smallest absolute Gasteiger partial charge is 0.119 e. The number of ether oxygens (including phenoxy) is 2. The molecule has 1 aliphatic heterocycles. The third-order valence-electron chi connectivity index (χ3n) is 3.49. The van der Waals surface area contributed by atoms with Gasteiger partial charge in [0, 0.05) is 11.4 Å². The maximum atomic E-state index is 5.98. The van der Waals surface area contributed by atoms with Gasteiger partial charge in [-0.25, -0.2) is 0 Å². The Morgan fingerprint density at radius 1 is 1.25 bits per heavy atom. The Morgan fingerprint density at radius 2 is 2.00 bits per heavy atom. The molecule has 0 aliphatic carbocycles. The second-order valence-electron chi connectivity index (χ2n) is 5.15. The molecule has 3 nitrogen and oxygen atoms in total. The van der Waals surface area contributed by atoms with E-state index in [9.17, 15) is 0 Å². The van der Waals surface area contributed by atoms with Crippen LogP contribution in [0.5, 0.6) is 5.75 Å². The van der Waals surface area contributed by atoms with Gasteiger partial charge in [0.15, 0.2) is 0 Å². The predicted octanol–water partition coefficient (Wildman–Crippen LogP) is 3.33. The molecular weight excluding hydrogens is 270 g/mol. The lowest BCUT2D eigenvalue weighted by molar-refractivity contribution is 0.0186. The standard InChI is InChI=1S/C16H25NO2S/c1-3-10-17-11-14-4-5-15(19-14)12-18-13-6-8-16(20-2)9-7-13/h6-9,14-15,17H,3-5,10-12H2,1-2H3. The first-order valence-corrected chi connectivity index (χ1v) is 8.67. The van der Waals surface area contributed by atoms with Gasteiger partial charge in [-0.3, -0.25) is 0 Å². The highest BCUT2D eigenvalue weighted by Gasteiger charge is 2.25. The Balaban J connectivity index is 1.67. The molecule has 112 valence electrons. The lowest BCUT2D eigenvalue weighted by atomic mass is 10.2. The zero-order valence-electron chi connectivity index (χ0n) is 12.4.